The quantitative estimate of drug-likeness (QED) is 0.766. The first kappa shape index (κ1) is 13.2. The third-order valence-corrected chi connectivity index (χ3v) is 4.16. The topological polar surface area (TPSA) is 22.0 Å². The summed E-state index contributed by atoms with van der Waals surface area (Å²) < 4.78 is 2.13. The molecule has 1 saturated carbocycles. The predicted molar refractivity (Wildman–Crippen MR) is 81.2 cm³/mol. The molecule has 104 valence electrons. The summed E-state index contributed by atoms with van der Waals surface area (Å²) >= 11 is 0. The Labute approximate surface area is 120 Å². The van der Waals surface area contributed by atoms with Crippen molar-refractivity contribution in [3.63, 3.8) is 0 Å². The summed E-state index contributed by atoms with van der Waals surface area (Å²) in [6, 6.07) is 6.41. The van der Waals surface area contributed by atoms with Crippen molar-refractivity contribution in [2.24, 2.45) is 5.92 Å². The van der Waals surface area contributed by atoms with Crippen molar-refractivity contribution < 1.29 is 4.79 Å². The van der Waals surface area contributed by atoms with Crippen LogP contribution in [0.3, 0.4) is 0 Å². The first-order valence-corrected chi connectivity index (χ1v) is 7.31. The highest BCUT2D eigenvalue weighted by molar-refractivity contribution is 5.99. The molecule has 20 heavy (non-hydrogen) atoms. The third kappa shape index (κ3) is 2.55. The lowest BCUT2D eigenvalue weighted by atomic mass is 10.00. The molecule has 1 aliphatic rings. The zero-order valence-corrected chi connectivity index (χ0v) is 12.4. The average Bonchev–Trinajstić information content (AvgIpc) is 3.12. The Balaban J connectivity index is 1.83. The van der Waals surface area contributed by atoms with E-state index in [0.717, 1.165) is 24.9 Å². The number of carbonyl (C=O) groups excluding carboxylic acids is 1. The largest absolute Gasteiger partial charge is 0.349 e. The van der Waals surface area contributed by atoms with E-state index in [0.29, 0.717) is 11.7 Å². The van der Waals surface area contributed by atoms with Gasteiger partial charge in [0.25, 0.3) is 0 Å². The molecule has 1 aliphatic carbocycles. The lowest BCUT2D eigenvalue weighted by Gasteiger charge is -2.12. The number of hydrogen-bond acceptors (Lipinski definition) is 1. The fourth-order valence-electron chi connectivity index (χ4n) is 2.91. The maximum atomic E-state index is 12.0. The van der Waals surface area contributed by atoms with E-state index < -0.39 is 0 Å². The van der Waals surface area contributed by atoms with Crippen LogP contribution >= 0.6 is 0 Å². The molecule has 0 radical (unpaired) electrons. The fourth-order valence-corrected chi connectivity index (χ4v) is 2.91. The smallest absolute Gasteiger partial charge is 0.167 e. The van der Waals surface area contributed by atoms with Crippen LogP contribution in [0.5, 0.6) is 0 Å². The van der Waals surface area contributed by atoms with Crippen LogP contribution in [0.2, 0.25) is 0 Å². The number of rotatable bonds is 4. The highest BCUT2D eigenvalue weighted by Crippen LogP contribution is 2.32. The molecule has 1 heterocycles. The second-order valence-corrected chi connectivity index (χ2v) is 6.09. The Bertz CT molecular complexity index is 639. The van der Waals surface area contributed by atoms with Crippen LogP contribution in [0.25, 0.3) is 0 Å². The monoisotopic (exact) mass is 267 g/mol. The van der Waals surface area contributed by atoms with Gasteiger partial charge in [-0.3, -0.25) is 4.79 Å². The van der Waals surface area contributed by atoms with E-state index in [1.54, 1.807) is 0 Å². The Kier molecular flexibility index (Phi) is 3.25. The highest BCUT2D eigenvalue weighted by atomic mass is 16.1. The molecule has 0 N–H and O–H groups in total. The van der Waals surface area contributed by atoms with Crippen LogP contribution in [-0.2, 0) is 6.54 Å². The van der Waals surface area contributed by atoms with Gasteiger partial charge in [0.2, 0.25) is 0 Å². The van der Waals surface area contributed by atoms with Crippen LogP contribution < -0.4 is 0 Å². The van der Waals surface area contributed by atoms with Gasteiger partial charge in [-0.1, -0.05) is 17.7 Å². The average molecular weight is 267 g/mol. The molecule has 1 aromatic heterocycles. The summed E-state index contributed by atoms with van der Waals surface area (Å²) in [5.74, 6) is 0.620. The number of aryl methyl sites for hydroxylation is 3. The summed E-state index contributed by atoms with van der Waals surface area (Å²) in [7, 11) is 0. The van der Waals surface area contributed by atoms with Gasteiger partial charge < -0.3 is 4.57 Å². The SMILES string of the molecule is Cc1cc(C)c(Cn2ccc(C(=O)C3CC3)c2)c(C)c1. The Morgan fingerprint density at radius 2 is 1.85 bits per heavy atom. The lowest BCUT2D eigenvalue weighted by Crippen LogP contribution is -2.03. The number of Topliss-reactive ketones (excluding diaryl/α,β-unsaturated/α-hetero) is 1. The number of ketones is 1. The van der Waals surface area contributed by atoms with E-state index in [-0.39, 0.29) is 0 Å². The molecule has 2 nitrogen and oxygen atoms in total. The maximum Gasteiger partial charge on any atom is 0.167 e. The van der Waals surface area contributed by atoms with Crippen molar-refractivity contribution in [3.05, 3.63) is 58.4 Å². The van der Waals surface area contributed by atoms with Crippen molar-refractivity contribution >= 4 is 5.78 Å². The molecule has 0 unspecified atom stereocenters. The van der Waals surface area contributed by atoms with Gasteiger partial charge in [0.05, 0.1) is 0 Å². The van der Waals surface area contributed by atoms with Gasteiger partial charge in [-0.15, -0.1) is 0 Å². The zero-order valence-electron chi connectivity index (χ0n) is 12.4. The normalized spacial score (nSPS) is 14.6. The van der Waals surface area contributed by atoms with Gasteiger partial charge in [-0.05, 0) is 56.4 Å². The Morgan fingerprint density at radius 1 is 1.20 bits per heavy atom. The molecule has 2 heteroatoms. The van der Waals surface area contributed by atoms with Gasteiger partial charge in [-0.2, -0.15) is 0 Å². The van der Waals surface area contributed by atoms with Crippen LogP contribution in [0.15, 0.2) is 30.6 Å². The van der Waals surface area contributed by atoms with E-state index in [2.05, 4.69) is 37.5 Å². The van der Waals surface area contributed by atoms with E-state index in [1.807, 2.05) is 18.5 Å². The second-order valence-electron chi connectivity index (χ2n) is 6.09. The molecule has 1 aromatic carbocycles. The minimum Gasteiger partial charge on any atom is -0.349 e. The summed E-state index contributed by atoms with van der Waals surface area (Å²) in [6.45, 7) is 7.30. The number of aromatic nitrogens is 1. The van der Waals surface area contributed by atoms with Gasteiger partial charge in [0.1, 0.15) is 0 Å². The Hall–Kier alpha value is -1.83. The summed E-state index contributed by atoms with van der Waals surface area (Å²) in [6.07, 6.45) is 6.16. The standard InChI is InChI=1S/C18H21NO/c1-12-8-13(2)17(14(3)9-12)11-19-7-6-16(10-19)18(20)15-4-5-15/h6-10,15H,4-5,11H2,1-3H3. The zero-order chi connectivity index (χ0) is 14.3. The number of nitrogens with zero attached hydrogens (tertiary/aromatic N) is 1. The highest BCUT2D eigenvalue weighted by Gasteiger charge is 2.30. The number of benzene rings is 1. The summed E-state index contributed by atoms with van der Waals surface area (Å²) in [5.41, 5.74) is 6.19. The molecule has 0 amide bonds. The molecular weight excluding hydrogens is 246 g/mol. The minimum atomic E-state index is 0.300. The van der Waals surface area contributed by atoms with E-state index in [1.165, 1.54) is 22.3 Å². The molecule has 0 aliphatic heterocycles. The molecule has 1 fully saturated rings. The van der Waals surface area contributed by atoms with Crippen LogP contribution in [0.4, 0.5) is 0 Å². The van der Waals surface area contributed by atoms with Crippen LogP contribution in [0.1, 0.15) is 45.5 Å². The van der Waals surface area contributed by atoms with Crippen molar-refractivity contribution in [3.8, 4) is 0 Å². The second kappa shape index (κ2) is 4.93. The molecular formula is C18H21NO. The molecule has 0 atom stereocenters. The fraction of sp³-hybridized carbons (Fsp3) is 0.389. The predicted octanol–water partition coefficient (Wildman–Crippen LogP) is 4.05. The lowest BCUT2D eigenvalue weighted by molar-refractivity contribution is 0.0967. The molecule has 0 saturated heterocycles. The van der Waals surface area contributed by atoms with Crippen LogP contribution in [-0.4, -0.2) is 10.4 Å². The van der Waals surface area contributed by atoms with Gasteiger partial charge in [0, 0.05) is 30.4 Å². The van der Waals surface area contributed by atoms with Gasteiger partial charge in [0.15, 0.2) is 5.78 Å². The van der Waals surface area contributed by atoms with Crippen molar-refractivity contribution in [2.75, 3.05) is 0 Å². The molecule has 0 bridgehead atoms. The molecule has 2 aromatic rings. The number of carbonyl (C=O) groups is 1. The van der Waals surface area contributed by atoms with Crippen molar-refractivity contribution in [2.45, 2.75) is 40.2 Å². The molecule has 3 rings (SSSR count). The van der Waals surface area contributed by atoms with Crippen LogP contribution in [0, 0.1) is 26.7 Å². The van der Waals surface area contributed by atoms with E-state index in [9.17, 15) is 4.79 Å². The Morgan fingerprint density at radius 3 is 2.45 bits per heavy atom. The minimum absolute atomic E-state index is 0.300. The van der Waals surface area contributed by atoms with Crippen molar-refractivity contribution in [1.29, 1.82) is 0 Å². The maximum absolute atomic E-state index is 12.0. The third-order valence-electron chi connectivity index (χ3n) is 4.16. The number of hydrogen-bond donors (Lipinski definition) is 0. The first-order chi connectivity index (χ1) is 9.54. The first-order valence-electron chi connectivity index (χ1n) is 7.31. The molecule has 0 spiro atoms. The van der Waals surface area contributed by atoms with Gasteiger partial charge >= 0.3 is 0 Å². The van der Waals surface area contributed by atoms with E-state index >= 15 is 0 Å². The summed E-state index contributed by atoms with van der Waals surface area (Å²) in [4.78, 5) is 12.0. The van der Waals surface area contributed by atoms with Crippen molar-refractivity contribution in [1.82, 2.24) is 4.57 Å². The summed E-state index contributed by atoms with van der Waals surface area (Å²) in [5, 5.41) is 0. The van der Waals surface area contributed by atoms with Gasteiger partial charge in [-0.25, -0.2) is 0 Å². The van der Waals surface area contributed by atoms with E-state index in [4.69, 9.17) is 0 Å².